The van der Waals surface area contributed by atoms with E-state index in [-0.39, 0.29) is 24.9 Å². The summed E-state index contributed by atoms with van der Waals surface area (Å²) >= 11 is 3.14. The summed E-state index contributed by atoms with van der Waals surface area (Å²) in [5.41, 5.74) is -0.694. The Morgan fingerprint density at radius 1 is 1.56 bits per heavy atom. The first-order valence-electron chi connectivity index (χ1n) is 5.34. The molecule has 0 spiro atoms. The maximum Gasteiger partial charge on any atom is 0.258 e. The second kappa shape index (κ2) is 6.15. The predicted molar refractivity (Wildman–Crippen MR) is 68.9 cm³/mol. The second-order valence-corrected chi connectivity index (χ2v) is 5.31. The lowest BCUT2D eigenvalue weighted by Gasteiger charge is -2.23. The van der Waals surface area contributed by atoms with Crippen molar-refractivity contribution >= 4 is 21.8 Å². The Bertz CT molecular complexity index is 437. The summed E-state index contributed by atoms with van der Waals surface area (Å²) in [5, 5.41) is 11.6. The van der Waals surface area contributed by atoms with Gasteiger partial charge in [0, 0.05) is 0 Å². The van der Waals surface area contributed by atoms with Crippen molar-refractivity contribution in [1.82, 2.24) is 5.32 Å². The van der Waals surface area contributed by atoms with Gasteiger partial charge in [0.25, 0.3) is 5.91 Å². The number of benzene rings is 1. The number of aliphatic hydroxyl groups excluding tert-OH is 1. The molecule has 1 rings (SSSR count). The lowest BCUT2D eigenvalue weighted by Crippen LogP contribution is -2.48. The zero-order valence-corrected chi connectivity index (χ0v) is 11.8. The van der Waals surface area contributed by atoms with E-state index in [1.54, 1.807) is 13.8 Å². The van der Waals surface area contributed by atoms with E-state index in [0.29, 0.717) is 10.2 Å². The van der Waals surface area contributed by atoms with E-state index in [2.05, 4.69) is 21.2 Å². The fourth-order valence-electron chi connectivity index (χ4n) is 1.19. The van der Waals surface area contributed by atoms with Crippen LogP contribution in [0.1, 0.15) is 13.8 Å². The molecule has 1 aromatic carbocycles. The Morgan fingerprint density at radius 3 is 2.78 bits per heavy atom. The standard InChI is InChI=1S/C12H15BrFNO3/c1-12(2,7-16)15-11(17)6-18-10-4-3-8(14)5-9(10)13/h3-5,16H,6-7H2,1-2H3,(H,15,17). The zero-order valence-electron chi connectivity index (χ0n) is 10.2. The molecule has 0 heterocycles. The average molecular weight is 320 g/mol. The van der Waals surface area contributed by atoms with Crippen molar-refractivity contribution in [3.05, 3.63) is 28.5 Å². The molecule has 0 aliphatic carbocycles. The van der Waals surface area contributed by atoms with Crippen LogP contribution in [0.5, 0.6) is 5.75 Å². The van der Waals surface area contributed by atoms with Crippen LogP contribution in [0, 0.1) is 5.82 Å². The fourth-order valence-corrected chi connectivity index (χ4v) is 1.65. The molecule has 1 amide bonds. The molecule has 0 unspecified atom stereocenters. The molecule has 0 aliphatic heterocycles. The zero-order chi connectivity index (χ0) is 13.8. The van der Waals surface area contributed by atoms with Gasteiger partial charge in [-0.2, -0.15) is 0 Å². The monoisotopic (exact) mass is 319 g/mol. The Balaban J connectivity index is 2.53. The minimum atomic E-state index is -0.694. The van der Waals surface area contributed by atoms with Gasteiger partial charge in [-0.15, -0.1) is 0 Å². The quantitative estimate of drug-likeness (QED) is 0.871. The smallest absolute Gasteiger partial charge is 0.258 e. The van der Waals surface area contributed by atoms with Gasteiger partial charge in [0.05, 0.1) is 16.6 Å². The van der Waals surface area contributed by atoms with E-state index in [9.17, 15) is 9.18 Å². The molecular formula is C12H15BrFNO3. The molecule has 18 heavy (non-hydrogen) atoms. The van der Waals surface area contributed by atoms with Crippen LogP contribution >= 0.6 is 15.9 Å². The highest BCUT2D eigenvalue weighted by molar-refractivity contribution is 9.10. The molecule has 6 heteroatoms. The number of ether oxygens (including phenoxy) is 1. The molecule has 0 fully saturated rings. The molecule has 0 radical (unpaired) electrons. The number of rotatable bonds is 5. The lowest BCUT2D eigenvalue weighted by molar-refractivity contribution is -0.125. The highest BCUT2D eigenvalue weighted by atomic mass is 79.9. The number of nitrogens with one attached hydrogen (secondary N) is 1. The summed E-state index contributed by atoms with van der Waals surface area (Å²) < 4.78 is 18.5. The Hall–Kier alpha value is -1.14. The van der Waals surface area contributed by atoms with E-state index >= 15 is 0 Å². The normalized spacial score (nSPS) is 11.2. The molecule has 0 aromatic heterocycles. The first kappa shape index (κ1) is 14.9. The first-order valence-corrected chi connectivity index (χ1v) is 6.13. The number of hydrogen-bond acceptors (Lipinski definition) is 3. The molecule has 0 aliphatic rings. The van der Waals surface area contributed by atoms with Crippen LogP contribution in [-0.4, -0.2) is 29.8 Å². The topological polar surface area (TPSA) is 58.6 Å². The summed E-state index contributed by atoms with van der Waals surface area (Å²) in [6, 6.07) is 3.93. The summed E-state index contributed by atoms with van der Waals surface area (Å²) in [5.74, 6) is -0.362. The molecule has 1 aromatic rings. The minimum Gasteiger partial charge on any atom is -0.483 e. The highest BCUT2D eigenvalue weighted by Crippen LogP contribution is 2.25. The first-order chi connectivity index (χ1) is 8.34. The van der Waals surface area contributed by atoms with E-state index in [0.717, 1.165) is 0 Å². The molecule has 4 nitrogen and oxygen atoms in total. The van der Waals surface area contributed by atoms with Crippen molar-refractivity contribution in [2.45, 2.75) is 19.4 Å². The highest BCUT2D eigenvalue weighted by Gasteiger charge is 2.19. The molecular weight excluding hydrogens is 305 g/mol. The van der Waals surface area contributed by atoms with E-state index < -0.39 is 5.54 Å². The van der Waals surface area contributed by atoms with E-state index in [1.165, 1.54) is 18.2 Å². The summed E-state index contributed by atoms with van der Waals surface area (Å²) in [7, 11) is 0. The van der Waals surface area contributed by atoms with Gasteiger partial charge < -0.3 is 15.2 Å². The Kier molecular flexibility index (Phi) is 5.10. The average Bonchev–Trinajstić information content (AvgIpc) is 2.27. The van der Waals surface area contributed by atoms with Crippen molar-refractivity contribution in [2.24, 2.45) is 0 Å². The van der Waals surface area contributed by atoms with Crippen molar-refractivity contribution in [2.75, 3.05) is 13.2 Å². The number of hydrogen-bond donors (Lipinski definition) is 2. The van der Waals surface area contributed by atoms with Gasteiger partial charge in [0.15, 0.2) is 6.61 Å². The summed E-state index contributed by atoms with van der Waals surface area (Å²) in [4.78, 5) is 11.5. The lowest BCUT2D eigenvalue weighted by atomic mass is 10.1. The van der Waals surface area contributed by atoms with Crippen LogP contribution in [0.3, 0.4) is 0 Å². The molecule has 0 saturated carbocycles. The molecule has 100 valence electrons. The van der Waals surface area contributed by atoms with Crippen LogP contribution < -0.4 is 10.1 Å². The van der Waals surface area contributed by atoms with Crippen LogP contribution in [-0.2, 0) is 4.79 Å². The third-order valence-electron chi connectivity index (χ3n) is 2.13. The number of halogens is 2. The fraction of sp³-hybridized carbons (Fsp3) is 0.417. The second-order valence-electron chi connectivity index (χ2n) is 4.45. The van der Waals surface area contributed by atoms with E-state index in [1.807, 2.05) is 0 Å². The third kappa shape index (κ3) is 4.62. The van der Waals surface area contributed by atoms with Gasteiger partial charge in [-0.05, 0) is 48.0 Å². The maximum absolute atomic E-state index is 12.8. The number of carbonyl (C=O) groups is 1. The van der Waals surface area contributed by atoms with Crippen molar-refractivity contribution in [3.63, 3.8) is 0 Å². The van der Waals surface area contributed by atoms with Crippen molar-refractivity contribution in [1.29, 1.82) is 0 Å². The SMILES string of the molecule is CC(C)(CO)NC(=O)COc1ccc(F)cc1Br. The maximum atomic E-state index is 12.8. The van der Waals surface area contributed by atoms with Crippen LogP contribution in [0.4, 0.5) is 4.39 Å². The molecule has 0 atom stereocenters. The van der Waals surface area contributed by atoms with Crippen LogP contribution in [0.25, 0.3) is 0 Å². The largest absolute Gasteiger partial charge is 0.483 e. The number of amides is 1. The third-order valence-corrected chi connectivity index (χ3v) is 2.75. The summed E-state index contributed by atoms with van der Waals surface area (Å²) in [6.07, 6.45) is 0. The van der Waals surface area contributed by atoms with Gasteiger partial charge in [0.1, 0.15) is 11.6 Å². The molecule has 0 saturated heterocycles. The van der Waals surface area contributed by atoms with Crippen LogP contribution in [0.15, 0.2) is 22.7 Å². The Labute approximate surface area is 113 Å². The van der Waals surface area contributed by atoms with Crippen LogP contribution in [0.2, 0.25) is 0 Å². The molecule has 0 bridgehead atoms. The van der Waals surface area contributed by atoms with E-state index in [4.69, 9.17) is 9.84 Å². The van der Waals surface area contributed by atoms with Gasteiger partial charge in [-0.1, -0.05) is 0 Å². The van der Waals surface area contributed by atoms with Crippen molar-refractivity contribution < 1.29 is 19.0 Å². The van der Waals surface area contributed by atoms with Gasteiger partial charge in [0.2, 0.25) is 0 Å². The minimum absolute atomic E-state index is 0.168. The van der Waals surface area contributed by atoms with Crippen molar-refractivity contribution in [3.8, 4) is 5.75 Å². The van der Waals surface area contributed by atoms with Gasteiger partial charge in [-0.3, -0.25) is 4.79 Å². The summed E-state index contributed by atoms with van der Waals surface area (Å²) in [6.45, 7) is 3.02. The predicted octanol–water partition coefficient (Wildman–Crippen LogP) is 1.85. The Morgan fingerprint density at radius 2 is 2.22 bits per heavy atom. The number of carbonyl (C=O) groups excluding carboxylic acids is 1. The van der Waals surface area contributed by atoms with Gasteiger partial charge in [-0.25, -0.2) is 4.39 Å². The number of aliphatic hydroxyl groups is 1. The van der Waals surface area contributed by atoms with Gasteiger partial charge >= 0.3 is 0 Å². The molecule has 2 N–H and O–H groups in total.